The molecule has 0 saturated heterocycles. The van der Waals surface area contributed by atoms with Gasteiger partial charge in [-0.1, -0.05) is 36.4 Å². The van der Waals surface area contributed by atoms with E-state index in [1.807, 2.05) is 42.5 Å². The molecule has 0 unspecified atom stereocenters. The maximum atomic E-state index is 9.50. The smallest absolute Gasteiger partial charge is 0.117 e. The van der Waals surface area contributed by atoms with Gasteiger partial charge in [-0.2, -0.15) is 0 Å². The van der Waals surface area contributed by atoms with Crippen LogP contribution in [0.1, 0.15) is 10.6 Å². The lowest BCUT2D eigenvalue weighted by Crippen LogP contribution is -1.76. The number of aromatic hydroxyl groups is 1. The molecule has 3 aromatic carbocycles. The number of para-hydroxylation sites is 1. The summed E-state index contributed by atoms with van der Waals surface area (Å²) in [7, 11) is 0. The number of hydrogen-bond acceptors (Lipinski definition) is 3. The standard InChI is InChI=1S/C19H13NOS/c21-16-9-8-14-11-13(5-7-15(14)12-16)6-10-19-20-17-3-1-2-4-18(17)22-19/h1-12,21H. The van der Waals surface area contributed by atoms with Crippen molar-refractivity contribution >= 4 is 44.5 Å². The van der Waals surface area contributed by atoms with Gasteiger partial charge in [-0.05, 0) is 52.7 Å². The lowest BCUT2D eigenvalue weighted by atomic mass is 10.1. The average molecular weight is 303 g/mol. The third kappa shape index (κ3) is 2.47. The highest BCUT2D eigenvalue weighted by atomic mass is 32.1. The van der Waals surface area contributed by atoms with Crippen LogP contribution in [-0.4, -0.2) is 10.1 Å². The highest BCUT2D eigenvalue weighted by Crippen LogP contribution is 2.24. The van der Waals surface area contributed by atoms with Crippen molar-refractivity contribution in [2.45, 2.75) is 0 Å². The second kappa shape index (κ2) is 5.28. The quantitative estimate of drug-likeness (QED) is 0.543. The first-order chi connectivity index (χ1) is 10.8. The molecule has 1 aromatic heterocycles. The Hall–Kier alpha value is -2.65. The maximum Gasteiger partial charge on any atom is 0.117 e. The third-order valence-corrected chi connectivity index (χ3v) is 4.58. The van der Waals surface area contributed by atoms with Gasteiger partial charge in [0, 0.05) is 0 Å². The van der Waals surface area contributed by atoms with E-state index in [2.05, 4.69) is 23.2 Å². The first-order valence-corrected chi connectivity index (χ1v) is 7.86. The summed E-state index contributed by atoms with van der Waals surface area (Å²) < 4.78 is 1.20. The van der Waals surface area contributed by atoms with Crippen LogP contribution in [0.3, 0.4) is 0 Å². The molecule has 0 aliphatic heterocycles. The number of aromatic nitrogens is 1. The molecule has 3 heteroatoms. The number of nitrogens with zero attached hydrogens (tertiary/aromatic N) is 1. The normalized spacial score (nSPS) is 11.6. The van der Waals surface area contributed by atoms with Crippen LogP contribution in [-0.2, 0) is 0 Å². The SMILES string of the molecule is Oc1ccc2cc(C=Cc3nc4ccccc4s3)ccc2c1. The lowest BCUT2D eigenvalue weighted by Gasteiger charge is -2.00. The van der Waals surface area contributed by atoms with E-state index < -0.39 is 0 Å². The Bertz CT molecular complexity index is 968. The maximum absolute atomic E-state index is 9.50. The summed E-state index contributed by atoms with van der Waals surface area (Å²) >= 11 is 1.69. The van der Waals surface area contributed by atoms with Crippen LogP contribution < -0.4 is 0 Å². The van der Waals surface area contributed by atoms with Crippen LogP contribution in [0.5, 0.6) is 5.75 Å². The van der Waals surface area contributed by atoms with Gasteiger partial charge in [0.25, 0.3) is 0 Å². The zero-order valence-corrected chi connectivity index (χ0v) is 12.5. The molecular formula is C19H13NOS. The van der Waals surface area contributed by atoms with E-state index in [0.717, 1.165) is 26.9 Å². The molecule has 0 bridgehead atoms. The van der Waals surface area contributed by atoms with Gasteiger partial charge >= 0.3 is 0 Å². The van der Waals surface area contributed by atoms with Gasteiger partial charge in [0.2, 0.25) is 0 Å². The summed E-state index contributed by atoms with van der Waals surface area (Å²) in [5.41, 5.74) is 2.17. The van der Waals surface area contributed by atoms with Crippen LogP contribution in [0.25, 0.3) is 33.1 Å². The van der Waals surface area contributed by atoms with Gasteiger partial charge in [0.05, 0.1) is 10.2 Å². The zero-order valence-electron chi connectivity index (χ0n) is 11.7. The fourth-order valence-corrected chi connectivity index (χ4v) is 3.35. The van der Waals surface area contributed by atoms with E-state index in [1.54, 1.807) is 23.5 Å². The Balaban J connectivity index is 1.68. The summed E-state index contributed by atoms with van der Waals surface area (Å²) in [6.07, 6.45) is 4.12. The molecule has 1 heterocycles. The van der Waals surface area contributed by atoms with E-state index in [9.17, 15) is 5.11 Å². The zero-order chi connectivity index (χ0) is 14.9. The topological polar surface area (TPSA) is 33.1 Å². The first-order valence-electron chi connectivity index (χ1n) is 7.04. The molecule has 0 atom stereocenters. The van der Waals surface area contributed by atoms with Crippen LogP contribution in [0.4, 0.5) is 0 Å². The molecule has 4 rings (SSSR count). The number of fused-ring (bicyclic) bond motifs is 2. The molecule has 0 aliphatic carbocycles. The van der Waals surface area contributed by atoms with Gasteiger partial charge in [-0.15, -0.1) is 11.3 Å². The molecule has 0 spiro atoms. The summed E-state index contributed by atoms with van der Waals surface area (Å²) in [4.78, 5) is 4.60. The van der Waals surface area contributed by atoms with Gasteiger partial charge < -0.3 is 5.11 Å². The van der Waals surface area contributed by atoms with Crippen molar-refractivity contribution < 1.29 is 5.11 Å². The van der Waals surface area contributed by atoms with Gasteiger partial charge in [0.1, 0.15) is 10.8 Å². The molecule has 0 radical (unpaired) electrons. The minimum Gasteiger partial charge on any atom is -0.508 e. The molecule has 22 heavy (non-hydrogen) atoms. The van der Waals surface area contributed by atoms with Crippen molar-refractivity contribution in [3.05, 3.63) is 71.2 Å². The Kier molecular flexibility index (Phi) is 3.13. The average Bonchev–Trinajstić information content (AvgIpc) is 2.95. The van der Waals surface area contributed by atoms with E-state index in [4.69, 9.17) is 0 Å². The molecular weight excluding hydrogens is 290 g/mol. The predicted octanol–water partition coefficient (Wildman–Crippen LogP) is 5.33. The van der Waals surface area contributed by atoms with Crippen molar-refractivity contribution in [1.29, 1.82) is 0 Å². The predicted molar refractivity (Wildman–Crippen MR) is 94.2 cm³/mol. The van der Waals surface area contributed by atoms with Crippen LogP contribution in [0, 0.1) is 0 Å². The number of thiazole rings is 1. The number of rotatable bonds is 2. The van der Waals surface area contributed by atoms with E-state index in [1.165, 1.54) is 4.70 Å². The van der Waals surface area contributed by atoms with Crippen molar-refractivity contribution in [3.63, 3.8) is 0 Å². The minimum absolute atomic E-state index is 0.297. The third-order valence-electron chi connectivity index (χ3n) is 3.58. The van der Waals surface area contributed by atoms with E-state index in [-0.39, 0.29) is 0 Å². The van der Waals surface area contributed by atoms with Crippen molar-refractivity contribution in [1.82, 2.24) is 4.98 Å². The molecule has 0 fully saturated rings. The molecule has 0 saturated carbocycles. The van der Waals surface area contributed by atoms with Crippen molar-refractivity contribution in [3.8, 4) is 5.75 Å². The summed E-state index contributed by atoms with van der Waals surface area (Å²) in [5, 5.41) is 12.7. The lowest BCUT2D eigenvalue weighted by molar-refractivity contribution is 0.476. The molecule has 4 aromatic rings. The Morgan fingerprint density at radius 1 is 0.864 bits per heavy atom. The highest BCUT2D eigenvalue weighted by Gasteiger charge is 2.00. The van der Waals surface area contributed by atoms with Crippen molar-refractivity contribution in [2.24, 2.45) is 0 Å². The Morgan fingerprint density at radius 3 is 2.59 bits per heavy atom. The largest absolute Gasteiger partial charge is 0.508 e. The van der Waals surface area contributed by atoms with E-state index >= 15 is 0 Å². The molecule has 0 aliphatic rings. The second-order valence-corrected chi connectivity index (χ2v) is 6.21. The molecule has 1 N–H and O–H groups in total. The molecule has 2 nitrogen and oxygen atoms in total. The van der Waals surface area contributed by atoms with Crippen LogP contribution >= 0.6 is 11.3 Å². The minimum atomic E-state index is 0.297. The van der Waals surface area contributed by atoms with Gasteiger partial charge in [-0.3, -0.25) is 0 Å². The number of benzene rings is 3. The van der Waals surface area contributed by atoms with Crippen LogP contribution in [0.15, 0.2) is 60.7 Å². The highest BCUT2D eigenvalue weighted by molar-refractivity contribution is 7.19. The summed E-state index contributed by atoms with van der Waals surface area (Å²) in [5.74, 6) is 0.297. The molecule has 106 valence electrons. The summed E-state index contributed by atoms with van der Waals surface area (Å²) in [6, 6.07) is 19.8. The molecule has 0 amide bonds. The van der Waals surface area contributed by atoms with Gasteiger partial charge in [0.15, 0.2) is 0 Å². The Labute approximate surface area is 132 Å². The number of hydrogen-bond donors (Lipinski definition) is 1. The summed E-state index contributed by atoms with van der Waals surface area (Å²) in [6.45, 7) is 0. The van der Waals surface area contributed by atoms with Crippen LogP contribution in [0.2, 0.25) is 0 Å². The monoisotopic (exact) mass is 303 g/mol. The number of phenolic OH excluding ortho intramolecular Hbond substituents is 1. The van der Waals surface area contributed by atoms with Crippen molar-refractivity contribution in [2.75, 3.05) is 0 Å². The first kappa shape index (κ1) is 13.0. The fraction of sp³-hybridized carbons (Fsp3) is 0. The Morgan fingerprint density at radius 2 is 1.68 bits per heavy atom. The number of phenols is 1. The van der Waals surface area contributed by atoms with E-state index in [0.29, 0.717) is 5.75 Å². The fourth-order valence-electron chi connectivity index (χ4n) is 2.48. The second-order valence-electron chi connectivity index (χ2n) is 5.14. The van der Waals surface area contributed by atoms with Gasteiger partial charge in [-0.25, -0.2) is 4.98 Å².